The summed E-state index contributed by atoms with van der Waals surface area (Å²) in [4.78, 5) is 23.7. The summed E-state index contributed by atoms with van der Waals surface area (Å²) in [5, 5.41) is 10.5. The Morgan fingerprint density at radius 1 is 1.38 bits per heavy atom. The fourth-order valence-corrected chi connectivity index (χ4v) is 3.06. The third kappa shape index (κ3) is 3.34. The molecule has 26 heavy (non-hydrogen) atoms. The molecule has 0 saturated heterocycles. The molecule has 0 fully saturated rings. The van der Waals surface area contributed by atoms with Gasteiger partial charge in [-0.05, 0) is 18.1 Å². The van der Waals surface area contributed by atoms with E-state index in [1.807, 2.05) is 35.8 Å². The van der Waals surface area contributed by atoms with E-state index in [1.54, 1.807) is 6.92 Å². The normalized spacial score (nSPS) is 17.7. The SMILES string of the molecule is CCC(=O)OCN1N=C(c2c(C(C)C)nn3ccccc23)C(C)CC1=O. The van der Waals surface area contributed by atoms with Crippen LogP contribution in [0.5, 0.6) is 0 Å². The van der Waals surface area contributed by atoms with E-state index in [0.717, 1.165) is 22.5 Å². The first-order chi connectivity index (χ1) is 12.4. The van der Waals surface area contributed by atoms with Crippen molar-refractivity contribution in [3.63, 3.8) is 0 Å². The molecular formula is C19H24N4O3. The van der Waals surface area contributed by atoms with Crippen LogP contribution in [0.3, 0.4) is 0 Å². The number of hydrogen-bond acceptors (Lipinski definition) is 5. The van der Waals surface area contributed by atoms with Crippen molar-refractivity contribution in [2.24, 2.45) is 11.0 Å². The van der Waals surface area contributed by atoms with Gasteiger partial charge in [0.15, 0.2) is 6.73 Å². The topological polar surface area (TPSA) is 76.3 Å². The maximum absolute atomic E-state index is 12.3. The minimum atomic E-state index is -0.355. The summed E-state index contributed by atoms with van der Waals surface area (Å²) in [6, 6.07) is 5.89. The van der Waals surface area contributed by atoms with Crippen molar-refractivity contribution in [1.82, 2.24) is 14.6 Å². The number of carbonyl (C=O) groups excluding carboxylic acids is 2. The molecule has 3 rings (SSSR count). The molecule has 1 aliphatic rings. The lowest BCUT2D eigenvalue weighted by atomic mass is 9.90. The van der Waals surface area contributed by atoms with Gasteiger partial charge in [-0.3, -0.25) is 9.59 Å². The van der Waals surface area contributed by atoms with Gasteiger partial charge in [-0.15, -0.1) is 0 Å². The van der Waals surface area contributed by atoms with Crippen molar-refractivity contribution >= 4 is 23.1 Å². The second-order valence-corrected chi connectivity index (χ2v) is 6.83. The van der Waals surface area contributed by atoms with Gasteiger partial charge in [-0.2, -0.15) is 15.2 Å². The highest BCUT2D eigenvalue weighted by Gasteiger charge is 2.31. The zero-order valence-electron chi connectivity index (χ0n) is 15.6. The third-order valence-electron chi connectivity index (χ3n) is 4.47. The summed E-state index contributed by atoms with van der Waals surface area (Å²) in [7, 11) is 0. The number of fused-ring (bicyclic) bond motifs is 1. The van der Waals surface area contributed by atoms with E-state index in [4.69, 9.17) is 9.84 Å². The maximum atomic E-state index is 12.3. The molecule has 1 atom stereocenters. The Hall–Kier alpha value is -2.70. The predicted molar refractivity (Wildman–Crippen MR) is 97.7 cm³/mol. The minimum Gasteiger partial charge on any atom is -0.442 e. The van der Waals surface area contributed by atoms with Crippen molar-refractivity contribution in [1.29, 1.82) is 0 Å². The number of ether oxygens (including phenoxy) is 1. The zero-order chi connectivity index (χ0) is 18.8. The Balaban J connectivity index is 2.06. The number of amides is 1. The van der Waals surface area contributed by atoms with Gasteiger partial charge in [0, 0.05) is 30.5 Å². The highest BCUT2D eigenvalue weighted by Crippen LogP contribution is 2.29. The van der Waals surface area contributed by atoms with E-state index in [9.17, 15) is 9.59 Å². The number of pyridine rings is 1. The van der Waals surface area contributed by atoms with E-state index in [1.165, 1.54) is 5.01 Å². The Labute approximate surface area is 152 Å². The molecule has 2 aromatic rings. The number of rotatable bonds is 5. The fraction of sp³-hybridized carbons (Fsp3) is 0.474. The van der Waals surface area contributed by atoms with Gasteiger partial charge in [0.05, 0.1) is 16.9 Å². The standard InChI is InChI=1S/C19H24N4O3/c1-5-16(25)26-11-23-15(24)10-13(4)19(21-23)17-14-8-6-7-9-22(14)20-18(17)12(2)3/h6-9,12-13H,5,10-11H2,1-4H3. The second kappa shape index (κ2) is 7.27. The molecule has 0 aliphatic carbocycles. The molecule has 2 aromatic heterocycles. The van der Waals surface area contributed by atoms with Crippen LogP contribution in [0, 0.1) is 5.92 Å². The molecule has 7 nitrogen and oxygen atoms in total. The van der Waals surface area contributed by atoms with Crippen molar-refractivity contribution in [2.45, 2.75) is 46.5 Å². The van der Waals surface area contributed by atoms with Crippen molar-refractivity contribution in [2.75, 3.05) is 6.73 Å². The van der Waals surface area contributed by atoms with Crippen LogP contribution in [-0.4, -0.2) is 38.9 Å². The molecule has 0 spiro atoms. The molecule has 0 bridgehead atoms. The quantitative estimate of drug-likeness (QED) is 0.772. The Morgan fingerprint density at radius 2 is 2.15 bits per heavy atom. The molecule has 0 radical (unpaired) electrons. The fourth-order valence-electron chi connectivity index (χ4n) is 3.06. The molecule has 7 heteroatoms. The maximum Gasteiger partial charge on any atom is 0.307 e. The number of hydrogen-bond donors (Lipinski definition) is 0. The summed E-state index contributed by atoms with van der Waals surface area (Å²) in [6.45, 7) is 7.72. The summed E-state index contributed by atoms with van der Waals surface area (Å²) in [5.74, 6) is -0.324. The van der Waals surface area contributed by atoms with Crippen LogP contribution >= 0.6 is 0 Å². The monoisotopic (exact) mass is 356 g/mol. The Bertz CT molecular complexity index is 869. The van der Waals surface area contributed by atoms with Gasteiger partial charge in [-0.25, -0.2) is 4.52 Å². The third-order valence-corrected chi connectivity index (χ3v) is 4.47. The lowest BCUT2D eigenvalue weighted by Gasteiger charge is -2.27. The smallest absolute Gasteiger partial charge is 0.307 e. The van der Waals surface area contributed by atoms with Gasteiger partial charge < -0.3 is 4.74 Å². The zero-order valence-corrected chi connectivity index (χ0v) is 15.6. The molecule has 1 aliphatic heterocycles. The number of carbonyl (C=O) groups is 2. The Kier molecular flexibility index (Phi) is 5.06. The van der Waals surface area contributed by atoms with Crippen LogP contribution < -0.4 is 0 Å². The molecule has 1 unspecified atom stereocenters. The van der Waals surface area contributed by atoms with E-state index in [0.29, 0.717) is 6.42 Å². The van der Waals surface area contributed by atoms with Crippen LogP contribution in [0.2, 0.25) is 0 Å². The lowest BCUT2D eigenvalue weighted by molar-refractivity contribution is -0.153. The number of esters is 1. The number of aromatic nitrogens is 2. The summed E-state index contributed by atoms with van der Waals surface area (Å²) in [5.41, 5.74) is 3.68. The minimum absolute atomic E-state index is 0.0358. The first kappa shape index (κ1) is 18.1. The second-order valence-electron chi connectivity index (χ2n) is 6.83. The van der Waals surface area contributed by atoms with Crippen LogP contribution in [0.15, 0.2) is 29.5 Å². The average molecular weight is 356 g/mol. The molecule has 0 aromatic carbocycles. The van der Waals surface area contributed by atoms with Gasteiger partial charge in [-0.1, -0.05) is 33.8 Å². The van der Waals surface area contributed by atoms with Crippen molar-refractivity contribution in [3.05, 3.63) is 35.7 Å². The largest absolute Gasteiger partial charge is 0.442 e. The van der Waals surface area contributed by atoms with Gasteiger partial charge in [0.1, 0.15) is 0 Å². The average Bonchev–Trinajstić information content (AvgIpc) is 3.00. The molecule has 0 N–H and O–H groups in total. The Morgan fingerprint density at radius 3 is 2.85 bits per heavy atom. The van der Waals surface area contributed by atoms with Crippen LogP contribution in [0.4, 0.5) is 0 Å². The van der Waals surface area contributed by atoms with Crippen LogP contribution in [-0.2, 0) is 14.3 Å². The highest BCUT2D eigenvalue weighted by atomic mass is 16.5. The molecule has 138 valence electrons. The van der Waals surface area contributed by atoms with E-state index >= 15 is 0 Å². The van der Waals surface area contributed by atoms with Crippen LogP contribution in [0.25, 0.3) is 5.52 Å². The molecule has 3 heterocycles. The first-order valence-corrected chi connectivity index (χ1v) is 8.94. The summed E-state index contributed by atoms with van der Waals surface area (Å²) < 4.78 is 6.95. The van der Waals surface area contributed by atoms with Crippen molar-refractivity contribution < 1.29 is 14.3 Å². The summed E-state index contributed by atoms with van der Waals surface area (Å²) >= 11 is 0. The lowest BCUT2D eigenvalue weighted by Crippen LogP contribution is -2.38. The molecule has 0 saturated carbocycles. The van der Waals surface area contributed by atoms with E-state index in [-0.39, 0.29) is 36.9 Å². The van der Waals surface area contributed by atoms with Crippen LogP contribution in [0.1, 0.15) is 57.7 Å². The van der Waals surface area contributed by atoms with Gasteiger partial charge in [0.25, 0.3) is 0 Å². The van der Waals surface area contributed by atoms with Gasteiger partial charge in [0.2, 0.25) is 5.91 Å². The van der Waals surface area contributed by atoms with Gasteiger partial charge >= 0.3 is 5.97 Å². The summed E-state index contributed by atoms with van der Waals surface area (Å²) in [6.07, 6.45) is 2.50. The first-order valence-electron chi connectivity index (χ1n) is 8.94. The van der Waals surface area contributed by atoms with E-state index < -0.39 is 0 Å². The predicted octanol–water partition coefficient (Wildman–Crippen LogP) is 2.94. The number of nitrogens with zero attached hydrogens (tertiary/aromatic N) is 4. The molecular weight excluding hydrogens is 332 g/mol. The van der Waals surface area contributed by atoms with E-state index in [2.05, 4.69) is 18.9 Å². The highest BCUT2D eigenvalue weighted by molar-refractivity contribution is 6.11. The van der Waals surface area contributed by atoms with Crippen molar-refractivity contribution in [3.8, 4) is 0 Å². The number of hydrazone groups is 1. The molecule has 1 amide bonds.